The predicted octanol–water partition coefficient (Wildman–Crippen LogP) is -1.63. The second-order valence-electron chi connectivity index (χ2n) is 16.7. The van der Waals surface area contributed by atoms with Crippen LogP contribution in [-0.4, -0.2) is 155 Å². The number of aliphatic hydroxyl groups excluding tert-OH is 1. The van der Waals surface area contributed by atoms with Crippen LogP contribution in [0.1, 0.15) is 55.3 Å². The maximum atomic E-state index is 13.3. The summed E-state index contributed by atoms with van der Waals surface area (Å²) in [7, 11) is 0. The first-order valence-corrected chi connectivity index (χ1v) is 23.4. The average Bonchev–Trinajstić information content (AvgIpc) is 3.37. The molecule has 406 valence electrons. The maximum absolute atomic E-state index is 13.3. The number of benzene rings is 3. The fraction of sp³-hybridized carbons (Fsp3) is 0.367. The number of carbonyl (C=O) groups excluding carboxylic acids is 6. The number of unbranched alkanes of at least 4 members (excludes halogenated alkanes) is 1. The molecule has 6 amide bonds. The molecule has 76 heavy (non-hydrogen) atoms. The first-order chi connectivity index (χ1) is 36.2. The fourth-order valence-electron chi connectivity index (χ4n) is 7.40. The number of terminal acetylenes is 1. The molecule has 2 aliphatic rings. The molecule has 0 saturated carbocycles. The van der Waals surface area contributed by atoms with Crippen LogP contribution in [0, 0.1) is 12.3 Å². The number of aromatic hydroxyl groups is 1. The third-order valence-electron chi connectivity index (χ3n) is 11.0. The Morgan fingerprint density at radius 1 is 0.737 bits per heavy atom. The van der Waals surface area contributed by atoms with E-state index < -0.39 is 104 Å². The molecule has 2 aromatic rings. The third kappa shape index (κ3) is 18.6. The van der Waals surface area contributed by atoms with E-state index in [-0.39, 0.29) is 98.0 Å². The van der Waals surface area contributed by atoms with Crippen LogP contribution in [0.5, 0.6) is 5.75 Å². The van der Waals surface area contributed by atoms with Crippen molar-refractivity contribution in [2.24, 2.45) is 16.5 Å². The highest BCUT2D eigenvalue weighted by Crippen LogP contribution is 2.42. The van der Waals surface area contributed by atoms with E-state index in [0.717, 1.165) is 0 Å². The van der Waals surface area contributed by atoms with Crippen LogP contribution < -0.4 is 54.1 Å². The largest absolute Gasteiger partial charge is 0.508 e. The number of nitrogens with two attached hydrogens (primary N) is 2. The number of rotatable bonds is 31. The van der Waals surface area contributed by atoms with Gasteiger partial charge in [0.05, 0.1) is 44.7 Å². The van der Waals surface area contributed by atoms with E-state index >= 15 is 0 Å². The number of fused-ring (bicyclic) bond motifs is 2. The summed E-state index contributed by atoms with van der Waals surface area (Å²) in [6, 6.07) is 6.29. The molecule has 4 atom stereocenters. The molecule has 27 nitrogen and oxygen atoms in total. The highest BCUT2D eigenvalue weighted by atomic mass is 16.5. The molecule has 0 spiro atoms. The van der Waals surface area contributed by atoms with Gasteiger partial charge in [0.2, 0.25) is 35.4 Å². The summed E-state index contributed by atoms with van der Waals surface area (Å²) in [5.41, 5.74) is 12.0. The van der Waals surface area contributed by atoms with Gasteiger partial charge in [-0.05, 0) is 80.1 Å². The molecular weight excluding hydrogens is 1000 g/mol. The van der Waals surface area contributed by atoms with Crippen LogP contribution in [0.2, 0.25) is 0 Å². The predicted molar refractivity (Wildman–Crippen MR) is 270 cm³/mol. The van der Waals surface area contributed by atoms with Crippen LogP contribution >= 0.6 is 0 Å². The number of aromatic carboxylic acids is 1. The average molecular weight is 1060 g/mol. The number of nitrogens with one attached hydrogen (secondary N) is 7. The normalized spacial score (nSPS) is 12.4. The van der Waals surface area contributed by atoms with E-state index in [1.807, 2.05) is 0 Å². The molecule has 0 aromatic heterocycles. The van der Waals surface area contributed by atoms with E-state index in [0.29, 0.717) is 28.6 Å². The van der Waals surface area contributed by atoms with Crippen LogP contribution in [0.4, 0.5) is 5.69 Å². The molecular formula is C49H58N10O17. The Morgan fingerprint density at radius 3 is 2.09 bits per heavy atom. The summed E-state index contributed by atoms with van der Waals surface area (Å²) in [5.74, 6) is -8.05. The Labute approximate surface area is 432 Å². The minimum atomic E-state index is -1.89. The Kier molecular flexibility index (Phi) is 22.9. The number of amides is 6. The highest BCUT2D eigenvalue weighted by molar-refractivity contribution is 6.08. The van der Waals surface area contributed by atoms with Gasteiger partial charge in [0, 0.05) is 47.4 Å². The first kappa shape index (κ1) is 59.3. The molecule has 1 aliphatic carbocycles. The number of carboxylic acids is 3. The third-order valence-corrected chi connectivity index (χ3v) is 11.0. The molecule has 16 N–H and O–H groups in total. The van der Waals surface area contributed by atoms with Gasteiger partial charge in [-0.15, -0.1) is 6.42 Å². The molecule has 0 saturated heterocycles. The van der Waals surface area contributed by atoms with Crippen molar-refractivity contribution in [2.45, 2.75) is 69.1 Å². The number of phenolic OH excluding ortho intramolecular Hbond substituents is 1. The fourth-order valence-corrected chi connectivity index (χ4v) is 7.40. The Morgan fingerprint density at radius 2 is 1.42 bits per heavy atom. The monoisotopic (exact) mass is 1060 g/mol. The van der Waals surface area contributed by atoms with E-state index in [4.69, 9.17) is 27.0 Å². The lowest BCUT2D eigenvalue weighted by Crippen LogP contribution is -2.58. The number of guanidine groups is 1. The Balaban J connectivity index is 1.33. The van der Waals surface area contributed by atoms with Crippen molar-refractivity contribution >= 4 is 76.0 Å². The summed E-state index contributed by atoms with van der Waals surface area (Å²) in [5, 5.41) is 66.8. The van der Waals surface area contributed by atoms with E-state index in [9.17, 15) is 73.5 Å². The van der Waals surface area contributed by atoms with Crippen LogP contribution in [-0.2, 0) is 43.1 Å². The van der Waals surface area contributed by atoms with Crippen molar-refractivity contribution in [1.29, 1.82) is 0 Å². The number of carboxylic acid groups (broad SMARTS) is 3. The van der Waals surface area contributed by atoms with Gasteiger partial charge in [-0.25, -0.2) is 9.59 Å². The molecule has 2 aromatic carbocycles. The lowest BCUT2D eigenvalue weighted by atomic mass is 9.90. The van der Waals surface area contributed by atoms with Gasteiger partial charge in [-0.2, -0.15) is 0 Å². The number of aliphatic carboxylic acids is 2. The zero-order valence-corrected chi connectivity index (χ0v) is 40.7. The zero-order valence-electron chi connectivity index (χ0n) is 40.7. The number of ether oxygens (including phenoxy) is 1. The number of aliphatic imine (C=N–C) groups is 1. The van der Waals surface area contributed by atoms with E-state index in [1.54, 1.807) is 12.1 Å². The minimum absolute atomic E-state index is 0.00678. The molecule has 1 aliphatic heterocycles. The summed E-state index contributed by atoms with van der Waals surface area (Å²) >= 11 is 0. The van der Waals surface area contributed by atoms with E-state index in [2.05, 4.69) is 48.1 Å². The van der Waals surface area contributed by atoms with Gasteiger partial charge in [0.15, 0.2) is 11.4 Å². The van der Waals surface area contributed by atoms with Gasteiger partial charge in [-0.1, -0.05) is 5.92 Å². The maximum Gasteiger partial charge on any atom is 0.336 e. The quantitative estimate of drug-likeness (QED) is 0.00884. The standard InChI is InChI=1S/C49H58N10O17/c1-2-17-75-18-14-39(63)54-23-40(64)56-33(7-5-16-53-49(50)51)44(68)55-24-41(65)57-35(22-42(66)67)45(69)59-36(25-60)46(70)58-34(48(73)74)6-3-4-15-52-26-8-11-29(47(71)72)32(19-26)43-30-12-9-27(61)20-37(30)76-38-21-28(62)10-13-31(38)43/h1,8-13,19-21,33-36,52,60-61H,3-7,14-18,22-25H2,(H,54,63)(H,55,68)(H,56,64)(H,57,65)(H,58,70)(H,59,69)(H,66,67)(H,71,72)(H,73,74)(H4,50,51,53)/t33-,34-,35-,36-/m0/s1. The van der Waals surface area contributed by atoms with E-state index in [1.165, 1.54) is 42.5 Å². The first-order valence-electron chi connectivity index (χ1n) is 23.4. The van der Waals surface area contributed by atoms with Crippen molar-refractivity contribution in [1.82, 2.24) is 31.9 Å². The summed E-state index contributed by atoms with van der Waals surface area (Å²) in [6.45, 7) is -2.23. The zero-order chi connectivity index (χ0) is 55.9. The molecule has 0 bridgehead atoms. The second kappa shape index (κ2) is 29.4. The second-order valence-corrected chi connectivity index (χ2v) is 16.7. The SMILES string of the molecule is C#CCOCCC(=O)NCC(=O)N[C@@H](CCCN=C(N)N)C(=O)NCC(=O)N[C@@H](CC(=O)O)C(=O)N[C@@H](CO)C(=O)N[C@@H](CCCCNc1ccc(C(=O)O)c(-c2c3ccc(=O)cc-3oc3cc(O)ccc23)c1)C(=O)O. The number of phenols is 1. The van der Waals surface area contributed by atoms with Crippen LogP contribution in [0.3, 0.4) is 0 Å². The van der Waals surface area contributed by atoms with Crippen molar-refractivity contribution in [3.8, 4) is 40.5 Å². The summed E-state index contributed by atoms with van der Waals surface area (Å²) < 4.78 is 10.9. The number of aliphatic hydroxyl groups is 1. The van der Waals surface area contributed by atoms with Crippen molar-refractivity contribution in [3.05, 3.63) is 70.4 Å². The Hall–Kier alpha value is -9.29. The number of hydrogen-bond acceptors (Lipinski definition) is 16. The summed E-state index contributed by atoms with van der Waals surface area (Å²) in [4.78, 5) is 130. The van der Waals surface area contributed by atoms with Gasteiger partial charge in [0.25, 0.3) is 0 Å². The Bertz CT molecular complexity index is 2880. The van der Waals surface area contributed by atoms with Crippen molar-refractivity contribution in [2.75, 3.05) is 51.3 Å². The van der Waals surface area contributed by atoms with Gasteiger partial charge in [-0.3, -0.25) is 43.3 Å². The molecule has 0 unspecified atom stereocenters. The topological polar surface area (TPSA) is 443 Å². The minimum Gasteiger partial charge on any atom is -0.508 e. The number of hydrogen-bond donors (Lipinski definition) is 14. The molecule has 1 heterocycles. The number of carbonyl (C=O) groups is 9. The smallest absolute Gasteiger partial charge is 0.336 e. The van der Waals surface area contributed by atoms with Crippen molar-refractivity contribution < 1.29 is 77.8 Å². The molecule has 4 rings (SSSR count). The molecule has 0 fully saturated rings. The number of anilines is 1. The van der Waals surface area contributed by atoms with Crippen LogP contribution in [0.15, 0.2) is 68.8 Å². The van der Waals surface area contributed by atoms with Crippen LogP contribution in [0.25, 0.3) is 33.4 Å². The summed E-state index contributed by atoms with van der Waals surface area (Å²) in [6.07, 6.45) is 4.38. The number of nitrogens with zero attached hydrogens (tertiary/aromatic N) is 1. The van der Waals surface area contributed by atoms with Crippen molar-refractivity contribution in [3.63, 3.8) is 0 Å². The van der Waals surface area contributed by atoms with Gasteiger partial charge in [0.1, 0.15) is 47.9 Å². The van der Waals surface area contributed by atoms with Gasteiger partial charge >= 0.3 is 17.9 Å². The van der Waals surface area contributed by atoms with Gasteiger partial charge < -0.3 is 83.4 Å². The highest BCUT2D eigenvalue weighted by Gasteiger charge is 2.31. The lowest BCUT2D eigenvalue weighted by molar-refractivity contribution is -0.143. The lowest BCUT2D eigenvalue weighted by Gasteiger charge is -2.23. The molecule has 0 radical (unpaired) electrons. The molecule has 27 heteroatoms.